The molecule has 0 saturated carbocycles. The molecule has 3 N–H and O–H groups in total. The van der Waals surface area contributed by atoms with Gasteiger partial charge in [0.25, 0.3) is 10.0 Å². The minimum Gasteiger partial charge on any atom is -0.377 e. The first-order valence-electron chi connectivity index (χ1n) is 6.42. The van der Waals surface area contributed by atoms with Crippen LogP contribution in [0.1, 0.15) is 10.4 Å². The molecular formula is C14H19N3O2S2. The zero-order valence-corrected chi connectivity index (χ0v) is 13.9. The second-order valence-corrected chi connectivity index (χ2v) is 7.56. The summed E-state index contributed by atoms with van der Waals surface area (Å²) < 4.78 is 27.5. The summed E-state index contributed by atoms with van der Waals surface area (Å²) in [6, 6.07) is 7.05. The number of sulfonamides is 1. The van der Waals surface area contributed by atoms with Crippen LogP contribution in [0.2, 0.25) is 0 Å². The Bertz CT molecular complexity index is 736. The highest BCUT2D eigenvalue weighted by Gasteiger charge is 2.19. The van der Waals surface area contributed by atoms with Crippen LogP contribution in [0.25, 0.3) is 0 Å². The normalized spacial score (nSPS) is 11.4. The molecule has 7 heteroatoms. The molecule has 0 aliphatic rings. The van der Waals surface area contributed by atoms with Crippen molar-refractivity contribution in [2.45, 2.75) is 18.4 Å². The average molecular weight is 325 g/mol. The Morgan fingerprint density at radius 1 is 1.29 bits per heavy atom. The van der Waals surface area contributed by atoms with Gasteiger partial charge in [0.15, 0.2) is 0 Å². The van der Waals surface area contributed by atoms with Crippen LogP contribution in [-0.2, 0) is 16.6 Å². The van der Waals surface area contributed by atoms with E-state index in [-0.39, 0.29) is 11.4 Å². The molecule has 0 aliphatic heterocycles. The maximum Gasteiger partial charge on any atom is 0.263 e. The summed E-state index contributed by atoms with van der Waals surface area (Å²) in [6.45, 7) is 2.20. The topological polar surface area (TPSA) is 75.4 Å². The summed E-state index contributed by atoms with van der Waals surface area (Å²) in [5, 5.41) is 1.73. The number of hydrogen-bond donors (Lipinski definition) is 2. The quantitative estimate of drug-likeness (QED) is 0.885. The van der Waals surface area contributed by atoms with Crippen LogP contribution in [0.3, 0.4) is 0 Å². The fourth-order valence-corrected chi connectivity index (χ4v) is 4.47. The van der Waals surface area contributed by atoms with Crippen molar-refractivity contribution >= 4 is 32.7 Å². The third kappa shape index (κ3) is 3.37. The van der Waals surface area contributed by atoms with Gasteiger partial charge in [0.05, 0.1) is 5.69 Å². The maximum atomic E-state index is 12.4. The molecule has 0 aliphatic carbocycles. The van der Waals surface area contributed by atoms with Crippen LogP contribution < -0.4 is 15.4 Å². The lowest BCUT2D eigenvalue weighted by Crippen LogP contribution is -2.16. The van der Waals surface area contributed by atoms with Gasteiger partial charge in [0.2, 0.25) is 0 Å². The molecule has 0 atom stereocenters. The molecular weight excluding hydrogens is 306 g/mol. The van der Waals surface area contributed by atoms with Gasteiger partial charge in [-0.2, -0.15) is 0 Å². The Labute approximate surface area is 129 Å². The molecule has 0 saturated heterocycles. The third-order valence-electron chi connectivity index (χ3n) is 3.12. The summed E-state index contributed by atoms with van der Waals surface area (Å²) in [5.74, 6) is 0. The van der Waals surface area contributed by atoms with Crippen LogP contribution >= 0.6 is 11.3 Å². The molecule has 21 heavy (non-hydrogen) atoms. The smallest absolute Gasteiger partial charge is 0.263 e. The lowest BCUT2D eigenvalue weighted by Gasteiger charge is -2.17. The number of nitrogens with zero attached hydrogens (tertiary/aromatic N) is 1. The number of nitrogens with two attached hydrogens (primary N) is 1. The van der Waals surface area contributed by atoms with Crippen molar-refractivity contribution in [1.82, 2.24) is 0 Å². The Hall–Kier alpha value is -1.57. The second kappa shape index (κ2) is 6.05. The number of hydrogen-bond acceptors (Lipinski definition) is 5. The molecule has 1 heterocycles. The van der Waals surface area contributed by atoms with Gasteiger partial charge in [-0.15, -0.1) is 11.3 Å². The zero-order chi connectivity index (χ0) is 15.6. The Morgan fingerprint density at radius 2 is 2.00 bits per heavy atom. The largest absolute Gasteiger partial charge is 0.377 e. The van der Waals surface area contributed by atoms with E-state index >= 15 is 0 Å². The molecule has 5 nitrogen and oxygen atoms in total. The van der Waals surface area contributed by atoms with Crippen LogP contribution in [0.5, 0.6) is 0 Å². The van der Waals surface area contributed by atoms with E-state index in [4.69, 9.17) is 5.73 Å². The summed E-state index contributed by atoms with van der Waals surface area (Å²) in [7, 11) is 0.239. The molecule has 114 valence electrons. The molecule has 0 fully saturated rings. The first kappa shape index (κ1) is 15.8. The van der Waals surface area contributed by atoms with Crippen molar-refractivity contribution in [3.05, 3.63) is 40.1 Å². The van der Waals surface area contributed by atoms with Crippen LogP contribution in [0, 0.1) is 6.92 Å². The molecule has 0 bridgehead atoms. The molecule has 0 radical (unpaired) electrons. The molecule has 0 spiro atoms. The average Bonchev–Trinajstić information content (AvgIpc) is 2.89. The minimum atomic E-state index is -3.61. The predicted octanol–water partition coefficient (Wildman–Crippen LogP) is 2.38. The number of aryl methyl sites for hydroxylation is 1. The van der Waals surface area contributed by atoms with Crippen molar-refractivity contribution in [3.63, 3.8) is 0 Å². The Balaban J connectivity index is 2.35. The first-order valence-corrected chi connectivity index (χ1v) is 8.78. The molecule has 2 rings (SSSR count). The number of nitrogens with one attached hydrogen (secondary N) is 1. The molecule has 0 amide bonds. The van der Waals surface area contributed by atoms with E-state index in [0.717, 1.165) is 11.3 Å². The van der Waals surface area contributed by atoms with Crippen molar-refractivity contribution in [2.75, 3.05) is 23.7 Å². The van der Waals surface area contributed by atoms with E-state index in [1.807, 2.05) is 38.1 Å². The van der Waals surface area contributed by atoms with Gasteiger partial charge in [0.1, 0.15) is 4.90 Å². The van der Waals surface area contributed by atoms with Crippen molar-refractivity contribution < 1.29 is 8.42 Å². The van der Waals surface area contributed by atoms with Gasteiger partial charge >= 0.3 is 0 Å². The van der Waals surface area contributed by atoms with Crippen LogP contribution in [0.4, 0.5) is 11.4 Å². The number of benzene rings is 1. The Kier molecular flexibility index (Phi) is 4.55. The van der Waals surface area contributed by atoms with Gasteiger partial charge in [-0.25, -0.2) is 8.42 Å². The van der Waals surface area contributed by atoms with E-state index in [9.17, 15) is 8.42 Å². The van der Waals surface area contributed by atoms with Gasteiger partial charge in [-0.05, 0) is 36.1 Å². The van der Waals surface area contributed by atoms with E-state index in [0.29, 0.717) is 10.6 Å². The Morgan fingerprint density at radius 3 is 2.62 bits per heavy atom. The summed E-state index contributed by atoms with van der Waals surface area (Å²) in [5.41, 5.74) is 8.18. The van der Waals surface area contributed by atoms with Crippen LogP contribution in [-0.4, -0.2) is 22.5 Å². The second-order valence-electron chi connectivity index (χ2n) is 4.91. The third-order valence-corrected chi connectivity index (χ3v) is 5.66. The summed E-state index contributed by atoms with van der Waals surface area (Å²) >= 11 is 1.35. The summed E-state index contributed by atoms with van der Waals surface area (Å²) in [6.07, 6.45) is 0. The summed E-state index contributed by atoms with van der Waals surface area (Å²) in [4.78, 5) is 2.85. The van der Waals surface area contributed by atoms with Crippen molar-refractivity contribution in [2.24, 2.45) is 5.73 Å². The highest BCUT2D eigenvalue weighted by Crippen LogP contribution is 2.27. The monoisotopic (exact) mass is 325 g/mol. The fraction of sp³-hybridized carbons (Fsp3) is 0.286. The van der Waals surface area contributed by atoms with E-state index in [2.05, 4.69) is 4.72 Å². The number of anilines is 2. The fourth-order valence-electron chi connectivity index (χ4n) is 2.08. The van der Waals surface area contributed by atoms with Gasteiger partial charge in [0, 0.05) is 31.2 Å². The van der Waals surface area contributed by atoms with Gasteiger partial charge < -0.3 is 10.6 Å². The van der Waals surface area contributed by atoms with Gasteiger partial charge in [-0.3, -0.25) is 4.72 Å². The highest BCUT2D eigenvalue weighted by atomic mass is 32.2. The zero-order valence-electron chi connectivity index (χ0n) is 12.3. The first-order chi connectivity index (χ1) is 9.85. The SMILES string of the molecule is Cc1ccc(NS(=O)(=O)c2ccsc2CN)cc1N(C)C. The molecule has 1 aromatic carbocycles. The predicted molar refractivity (Wildman–Crippen MR) is 88.5 cm³/mol. The molecule has 1 aromatic heterocycles. The minimum absolute atomic E-state index is 0.213. The lowest BCUT2D eigenvalue weighted by atomic mass is 10.2. The van der Waals surface area contributed by atoms with E-state index < -0.39 is 10.0 Å². The molecule has 2 aromatic rings. The van der Waals surface area contributed by atoms with Crippen molar-refractivity contribution in [1.29, 1.82) is 0 Å². The molecule has 0 unspecified atom stereocenters. The highest BCUT2D eigenvalue weighted by molar-refractivity contribution is 7.93. The van der Waals surface area contributed by atoms with Crippen molar-refractivity contribution in [3.8, 4) is 0 Å². The van der Waals surface area contributed by atoms with Crippen LogP contribution in [0.15, 0.2) is 34.5 Å². The van der Waals surface area contributed by atoms with E-state index in [1.54, 1.807) is 17.5 Å². The maximum absolute atomic E-state index is 12.4. The lowest BCUT2D eigenvalue weighted by molar-refractivity contribution is 0.600. The van der Waals surface area contributed by atoms with Gasteiger partial charge in [-0.1, -0.05) is 6.07 Å². The number of rotatable bonds is 5. The van der Waals surface area contributed by atoms with E-state index in [1.165, 1.54) is 11.3 Å². The number of thiophene rings is 1. The standard InChI is InChI=1S/C14H19N3O2S2/c1-10-4-5-11(8-12(10)17(2)3)16-21(18,19)14-6-7-20-13(14)9-15/h4-8,16H,9,15H2,1-3H3.